The summed E-state index contributed by atoms with van der Waals surface area (Å²) in [7, 11) is 0. The van der Waals surface area contributed by atoms with Crippen LogP contribution in [0.15, 0.2) is 91.1 Å². The fourth-order valence-corrected chi connectivity index (χ4v) is 3.64. The predicted molar refractivity (Wildman–Crippen MR) is 134 cm³/mol. The number of nitrogen functional groups attached to an aromatic ring is 1. The van der Waals surface area contributed by atoms with Crippen molar-refractivity contribution < 1.29 is 22.7 Å². The third kappa shape index (κ3) is 6.53. The van der Waals surface area contributed by atoms with E-state index in [-0.39, 0.29) is 11.7 Å². The lowest BCUT2D eigenvalue weighted by Crippen LogP contribution is -2.17. The van der Waals surface area contributed by atoms with Crippen LogP contribution in [0.2, 0.25) is 0 Å². The number of carbonyl (C=O) groups excluding carboxylic acids is 1. The quantitative estimate of drug-likeness (QED) is 0.257. The zero-order valence-corrected chi connectivity index (χ0v) is 19.0. The van der Waals surface area contributed by atoms with E-state index >= 15 is 0 Å². The van der Waals surface area contributed by atoms with Gasteiger partial charge in [0.1, 0.15) is 5.75 Å². The third-order valence-electron chi connectivity index (χ3n) is 5.30. The van der Waals surface area contributed by atoms with Crippen molar-refractivity contribution in [3.05, 3.63) is 102 Å². The normalized spacial score (nSPS) is 11.1. The molecule has 1 aromatic heterocycles. The molecular formula is C27H23F3N4O2. The van der Waals surface area contributed by atoms with Crippen LogP contribution in [0.5, 0.6) is 5.75 Å². The van der Waals surface area contributed by atoms with Crippen LogP contribution in [0.25, 0.3) is 11.1 Å². The Balaban J connectivity index is 1.43. The standard InChI is InChI=1S/C27H23F3N4O2/c28-27(29,30)36-21-11-8-18(9-12-21)22-6-1-2-7-23(22)26(35)34-20-10-13-25(24(31)17-20)33-16-14-19-5-3-4-15-32-19/h1-13,15,17,33H,14,16,31H2,(H,34,35). The van der Waals surface area contributed by atoms with Crippen molar-refractivity contribution in [3.8, 4) is 16.9 Å². The fourth-order valence-electron chi connectivity index (χ4n) is 3.64. The molecule has 0 spiro atoms. The number of carbonyl (C=O) groups is 1. The molecule has 1 heterocycles. The van der Waals surface area contributed by atoms with Gasteiger partial charge in [-0.05, 0) is 59.7 Å². The first kappa shape index (κ1) is 24.6. The van der Waals surface area contributed by atoms with Gasteiger partial charge in [0.25, 0.3) is 5.91 Å². The van der Waals surface area contributed by atoms with E-state index in [4.69, 9.17) is 5.73 Å². The maximum absolute atomic E-state index is 13.0. The summed E-state index contributed by atoms with van der Waals surface area (Å²) in [5, 5.41) is 6.10. The van der Waals surface area contributed by atoms with Crippen molar-refractivity contribution in [1.82, 2.24) is 4.98 Å². The molecule has 9 heteroatoms. The largest absolute Gasteiger partial charge is 0.573 e. The summed E-state index contributed by atoms with van der Waals surface area (Å²) in [5.41, 5.74) is 10.4. The number of anilines is 3. The van der Waals surface area contributed by atoms with Gasteiger partial charge >= 0.3 is 6.36 Å². The van der Waals surface area contributed by atoms with Crippen LogP contribution < -0.4 is 21.1 Å². The highest BCUT2D eigenvalue weighted by Gasteiger charge is 2.31. The van der Waals surface area contributed by atoms with Gasteiger partial charge in [-0.25, -0.2) is 0 Å². The van der Waals surface area contributed by atoms with E-state index in [9.17, 15) is 18.0 Å². The van der Waals surface area contributed by atoms with Crippen LogP contribution in [-0.2, 0) is 6.42 Å². The molecule has 0 aliphatic rings. The van der Waals surface area contributed by atoms with Gasteiger partial charge < -0.3 is 21.1 Å². The van der Waals surface area contributed by atoms with Crippen LogP contribution in [0.1, 0.15) is 16.1 Å². The molecule has 0 aliphatic carbocycles. The van der Waals surface area contributed by atoms with Gasteiger partial charge in [0, 0.05) is 36.1 Å². The second-order valence-electron chi connectivity index (χ2n) is 7.87. The van der Waals surface area contributed by atoms with Gasteiger partial charge in [-0.15, -0.1) is 13.2 Å². The molecule has 0 saturated heterocycles. The first-order valence-corrected chi connectivity index (χ1v) is 11.1. The summed E-state index contributed by atoms with van der Waals surface area (Å²) in [5.74, 6) is -0.714. The van der Waals surface area contributed by atoms with Crippen LogP contribution in [0.4, 0.5) is 30.2 Å². The second-order valence-corrected chi connectivity index (χ2v) is 7.87. The maximum atomic E-state index is 13.0. The number of pyridine rings is 1. The maximum Gasteiger partial charge on any atom is 0.573 e. The Hall–Kier alpha value is -4.53. The predicted octanol–water partition coefficient (Wildman–Crippen LogP) is 6.14. The number of hydrogen-bond acceptors (Lipinski definition) is 5. The molecule has 6 nitrogen and oxygen atoms in total. The number of nitrogens with zero attached hydrogens (tertiary/aromatic N) is 1. The molecule has 1 amide bonds. The summed E-state index contributed by atoms with van der Waals surface area (Å²) in [6, 6.07) is 23.1. The molecule has 0 fully saturated rings. The topological polar surface area (TPSA) is 89.3 Å². The molecule has 4 aromatic rings. The number of ether oxygens (including phenoxy) is 1. The first-order chi connectivity index (χ1) is 17.3. The Morgan fingerprint density at radius 2 is 1.69 bits per heavy atom. The zero-order chi connectivity index (χ0) is 25.5. The molecule has 0 aliphatic heterocycles. The van der Waals surface area contributed by atoms with Crippen molar-refractivity contribution in [3.63, 3.8) is 0 Å². The number of nitrogens with one attached hydrogen (secondary N) is 2. The zero-order valence-electron chi connectivity index (χ0n) is 19.0. The van der Waals surface area contributed by atoms with Crippen molar-refractivity contribution in [1.29, 1.82) is 0 Å². The molecule has 0 unspecified atom stereocenters. The monoisotopic (exact) mass is 492 g/mol. The minimum Gasteiger partial charge on any atom is -0.406 e. The van der Waals surface area contributed by atoms with E-state index in [1.807, 2.05) is 18.2 Å². The van der Waals surface area contributed by atoms with Gasteiger partial charge in [0.15, 0.2) is 0 Å². The molecule has 184 valence electrons. The molecule has 3 aromatic carbocycles. The number of hydrogen-bond donors (Lipinski definition) is 3. The average molecular weight is 493 g/mol. The molecule has 0 radical (unpaired) electrons. The Labute approximate surface area is 205 Å². The van der Waals surface area contributed by atoms with Crippen molar-refractivity contribution in [2.45, 2.75) is 12.8 Å². The number of alkyl halides is 3. The van der Waals surface area contributed by atoms with E-state index in [1.165, 1.54) is 24.3 Å². The molecule has 36 heavy (non-hydrogen) atoms. The van der Waals surface area contributed by atoms with Gasteiger partial charge in [-0.1, -0.05) is 36.4 Å². The van der Waals surface area contributed by atoms with Gasteiger partial charge in [-0.2, -0.15) is 0 Å². The number of rotatable bonds is 8. The highest BCUT2D eigenvalue weighted by Crippen LogP contribution is 2.29. The minimum atomic E-state index is -4.77. The van der Waals surface area contributed by atoms with Crippen molar-refractivity contribution >= 4 is 23.0 Å². The van der Waals surface area contributed by atoms with E-state index in [1.54, 1.807) is 48.7 Å². The molecular weight excluding hydrogens is 469 g/mol. The summed E-state index contributed by atoms with van der Waals surface area (Å²) in [6.45, 7) is 0.646. The Bertz CT molecular complexity index is 1330. The summed E-state index contributed by atoms with van der Waals surface area (Å²) >= 11 is 0. The average Bonchev–Trinajstić information content (AvgIpc) is 2.85. The molecule has 0 saturated carbocycles. The first-order valence-electron chi connectivity index (χ1n) is 11.1. The Kier molecular flexibility index (Phi) is 7.39. The molecule has 0 atom stereocenters. The van der Waals surface area contributed by atoms with E-state index in [2.05, 4.69) is 20.4 Å². The minimum absolute atomic E-state index is 0.336. The van der Waals surface area contributed by atoms with Gasteiger partial charge in [0.05, 0.1) is 11.4 Å². The lowest BCUT2D eigenvalue weighted by Gasteiger charge is -2.14. The van der Waals surface area contributed by atoms with Crippen LogP contribution >= 0.6 is 0 Å². The Morgan fingerprint density at radius 1 is 0.944 bits per heavy atom. The van der Waals surface area contributed by atoms with E-state index in [0.29, 0.717) is 34.6 Å². The number of amides is 1. The van der Waals surface area contributed by atoms with Crippen LogP contribution in [0, 0.1) is 0 Å². The van der Waals surface area contributed by atoms with Gasteiger partial charge in [0.2, 0.25) is 0 Å². The highest BCUT2D eigenvalue weighted by atomic mass is 19.4. The molecule has 4 N–H and O–H groups in total. The Morgan fingerprint density at radius 3 is 2.39 bits per heavy atom. The summed E-state index contributed by atoms with van der Waals surface area (Å²) in [6.07, 6.45) is -2.29. The van der Waals surface area contributed by atoms with Crippen LogP contribution in [0.3, 0.4) is 0 Å². The molecule has 0 bridgehead atoms. The van der Waals surface area contributed by atoms with Crippen molar-refractivity contribution in [2.24, 2.45) is 0 Å². The number of benzene rings is 3. The summed E-state index contributed by atoms with van der Waals surface area (Å²) in [4.78, 5) is 17.3. The number of halogens is 3. The van der Waals surface area contributed by atoms with E-state index in [0.717, 1.165) is 17.8 Å². The molecule has 4 rings (SSSR count). The fraction of sp³-hybridized carbons (Fsp3) is 0.111. The second kappa shape index (κ2) is 10.8. The number of aromatic nitrogens is 1. The van der Waals surface area contributed by atoms with Gasteiger partial charge in [-0.3, -0.25) is 9.78 Å². The SMILES string of the molecule is Nc1cc(NC(=O)c2ccccc2-c2ccc(OC(F)(F)F)cc2)ccc1NCCc1ccccn1. The lowest BCUT2D eigenvalue weighted by molar-refractivity contribution is -0.274. The lowest BCUT2D eigenvalue weighted by atomic mass is 9.99. The van der Waals surface area contributed by atoms with Crippen LogP contribution in [-0.4, -0.2) is 23.8 Å². The van der Waals surface area contributed by atoms with Crippen molar-refractivity contribution in [2.75, 3.05) is 22.9 Å². The number of nitrogens with two attached hydrogens (primary N) is 1. The highest BCUT2D eigenvalue weighted by molar-refractivity contribution is 6.09. The smallest absolute Gasteiger partial charge is 0.406 e. The summed E-state index contributed by atoms with van der Waals surface area (Å²) < 4.78 is 41.2. The third-order valence-corrected chi connectivity index (χ3v) is 5.30. The van der Waals surface area contributed by atoms with E-state index < -0.39 is 6.36 Å².